The number of para-hydroxylation sites is 2. The largest absolute Gasteiger partial charge is 0.497 e. The zero-order chi connectivity index (χ0) is 22.5. The molecule has 3 aromatic carbocycles. The Morgan fingerprint density at radius 3 is 2.38 bits per heavy atom. The molecular weight excluding hydrogens is 404 g/mol. The Morgan fingerprint density at radius 2 is 1.62 bits per heavy atom. The molecule has 1 N–H and O–H groups in total. The van der Waals surface area contributed by atoms with Crippen molar-refractivity contribution >= 4 is 28.8 Å². The van der Waals surface area contributed by atoms with E-state index in [0.29, 0.717) is 40.6 Å². The SMILES string of the molecule is CCCOc1ccccc1N1C(=O)C(Nc2cccc(OC)c2)=C(c2ccccc2)C1=O. The van der Waals surface area contributed by atoms with Gasteiger partial charge in [-0.1, -0.05) is 55.5 Å². The summed E-state index contributed by atoms with van der Waals surface area (Å²) < 4.78 is 11.1. The molecular formula is C26H24N2O4. The number of imide groups is 1. The fourth-order valence-corrected chi connectivity index (χ4v) is 3.56. The lowest BCUT2D eigenvalue weighted by atomic mass is 10.0. The average Bonchev–Trinajstić information content (AvgIpc) is 3.07. The molecule has 6 heteroatoms. The van der Waals surface area contributed by atoms with Crippen molar-refractivity contribution < 1.29 is 19.1 Å². The van der Waals surface area contributed by atoms with Crippen molar-refractivity contribution in [1.29, 1.82) is 0 Å². The van der Waals surface area contributed by atoms with E-state index in [4.69, 9.17) is 9.47 Å². The third-order valence-electron chi connectivity index (χ3n) is 5.05. The summed E-state index contributed by atoms with van der Waals surface area (Å²) in [6, 6.07) is 23.5. The highest BCUT2D eigenvalue weighted by molar-refractivity contribution is 6.46. The average molecular weight is 428 g/mol. The van der Waals surface area contributed by atoms with Gasteiger partial charge in [0.1, 0.15) is 17.2 Å². The highest BCUT2D eigenvalue weighted by Gasteiger charge is 2.41. The van der Waals surface area contributed by atoms with Crippen LogP contribution in [0.15, 0.2) is 84.6 Å². The maximum absolute atomic E-state index is 13.6. The van der Waals surface area contributed by atoms with E-state index in [1.807, 2.05) is 61.5 Å². The molecule has 6 nitrogen and oxygen atoms in total. The van der Waals surface area contributed by atoms with Crippen molar-refractivity contribution in [1.82, 2.24) is 0 Å². The molecule has 0 bridgehead atoms. The van der Waals surface area contributed by atoms with Crippen LogP contribution in [0.2, 0.25) is 0 Å². The van der Waals surface area contributed by atoms with Crippen LogP contribution < -0.4 is 19.7 Å². The number of hydrogen-bond donors (Lipinski definition) is 1. The van der Waals surface area contributed by atoms with E-state index in [2.05, 4.69) is 5.32 Å². The highest BCUT2D eigenvalue weighted by Crippen LogP contribution is 2.38. The molecule has 0 aliphatic carbocycles. The molecule has 2 amide bonds. The van der Waals surface area contributed by atoms with Gasteiger partial charge in [-0.15, -0.1) is 0 Å². The zero-order valence-corrected chi connectivity index (χ0v) is 18.0. The predicted molar refractivity (Wildman–Crippen MR) is 125 cm³/mol. The van der Waals surface area contributed by atoms with Crippen LogP contribution in [-0.4, -0.2) is 25.5 Å². The lowest BCUT2D eigenvalue weighted by Gasteiger charge is -2.19. The summed E-state index contributed by atoms with van der Waals surface area (Å²) in [5, 5.41) is 3.15. The Balaban J connectivity index is 1.79. The van der Waals surface area contributed by atoms with Crippen LogP contribution in [0.3, 0.4) is 0 Å². The molecule has 4 rings (SSSR count). The smallest absolute Gasteiger partial charge is 0.282 e. The van der Waals surface area contributed by atoms with E-state index in [1.165, 1.54) is 4.90 Å². The van der Waals surface area contributed by atoms with Crippen LogP contribution in [-0.2, 0) is 9.59 Å². The number of nitrogens with one attached hydrogen (secondary N) is 1. The Hall–Kier alpha value is -4.06. The third-order valence-corrected chi connectivity index (χ3v) is 5.05. The van der Waals surface area contributed by atoms with Crippen molar-refractivity contribution in [3.63, 3.8) is 0 Å². The second-order valence-corrected chi connectivity index (χ2v) is 7.23. The van der Waals surface area contributed by atoms with Gasteiger partial charge in [0.25, 0.3) is 11.8 Å². The van der Waals surface area contributed by atoms with E-state index in [1.54, 1.807) is 31.4 Å². The Labute approximate surface area is 187 Å². The van der Waals surface area contributed by atoms with Crippen molar-refractivity contribution in [2.24, 2.45) is 0 Å². The van der Waals surface area contributed by atoms with Gasteiger partial charge in [0.15, 0.2) is 0 Å². The highest BCUT2D eigenvalue weighted by atomic mass is 16.5. The Morgan fingerprint density at radius 1 is 0.875 bits per heavy atom. The van der Waals surface area contributed by atoms with E-state index in [-0.39, 0.29) is 5.70 Å². The lowest BCUT2D eigenvalue weighted by Crippen LogP contribution is -2.32. The first-order valence-corrected chi connectivity index (χ1v) is 10.5. The normalized spacial score (nSPS) is 13.5. The number of benzene rings is 3. The van der Waals surface area contributed by atoms with Crippen LogP contribution in [0, 0.1) is 0 Å². The number of rotatable bonds is 8. The molecule has 0 saturated heterocycles. The molecule has 0 aromatic heterocycles. The van der Waals surface area contributed by atoms with Crippen molar-refractivity contribution in [3.05, 3.63) is 90.1 Å². The summed E-state index contributed by atoms with van der Waals surface area (Å²) in [4.78, 5) is 28.4. The fraction of sp³-hybridized carbons (Fsp3) is 0.154. The van der Waals surface area contributed by atoms with Crippen LogP contribution in [0.4, 0.5) is 11.4 Å². The minimum absolute atomic E-state index is 0.208. The lowest BCUT2D eigenvalue weighted by molar-refractivity contribution is -0.120. The maximum atomic E-state index is 13.6. The molecule has 0 fully saturated rings. The number of nitrogens with zero attached hydrogens (tertiary/aromatic N) is 1. The number of carbonyl (C=O) groups excluding carboxylic acids is 2. The number of anilines is 2. The van der Waals surface area contributed by atoms with Crippen molar-refractivity contribution in [2.45, 2.75) is 13.3 Å². The molecule has 0 radical (unpaired) electrons. The summed E-state index contributed by atoms with van der Waals surface area (Å²) in [6.07, 6.45) is 0.812. The minimum atomic E-state index is -0.441. The maximum Gasteiger partial charge on any atom is 0.282 e. The van der Waals surface area contributed by atoms with Crippen LogP contribution in [0.25, 0.3) is 5.57 Å². The van der Waals surface area contributed by atoms with Gasteiger partial charge in [-0.3, -0.25) is 9.59 Å². The molecule has 1 aliphatic heterocycles. The third kappa shape index (κ3) is 4.07. The second kappa shape index (κ2) is 9.39. The van der Waals surface area contributed by atoms with Crippen molar-refractivity contribution in [3.8, 4) is 11.5 Å². The van der Waals surface area contributed by atoms with Gasteiger partial charge in [0, 0.05) is 11.8 Å². The Kier molecular flexibility index (Phi) is 6.22. The zero-order valence-electron chi connectivity index (χ0n) is 18.0. The first-order chi connectivity index (χ1) is 15.6. The molecule has 0 unspecified atom stereocenters. The van der Waals surface area contributed by atoms with Gasteiger partial charge < -0.3 is 14.8 Å². The second-order valence-electron chi connectivity index (χ2n) is 7.23. The summed E-state index contributed by atoms with van der Waals surface area (Å²) in [5.74, 6) is 0.290. The Bertz CT molecular complexity index is 1170. The number of ether oxygens (including phenoxy) is 2. The van der Waals surface area contributed by atoms with Gasteiger partial charge in [0.2, 0.25) is 0 Å². The quantitative estimate of drug-likeness (QED) is 0.518. The molecule has 0 atom stereocenters. The summed E-state index contributed by atoms with van der Waals surface area (Å²) >= 11 is 0. The monoisotopic (exact) mass is 428 g/mol. The molecule has 32 heavy (non-hydrogen) atoms. The molecule has 0 spiro atoms. The topological polar surface area (TPSA) is 67.9 Å². The number of methoxy groups -OCH3 is 1. The van der Waals surface area contributed by atoms with Crippen LogP contribution >= 0.6 is 0 Å². The van der Waals surface area contributed by atoms with E-state index in [0.717, 1.165) is 6.42 Å². The summed E-state index contributed by atoms with van der Waals surface area (Å²) in [7, 11) is 1.58. The molecule has 1 aliphatic rings. The standard InChI is InChI=1S/C26H24N2O4/c1-3-16-32-22-15-8-7-14-21(22)28-25(29)23(18-10-5-4-6-11-18)24(26(28)30)27-19-12-9-13-20(17-19)31-2/h4-15,17,27H,3,16H2,1-2H3. The van der Waals surface area contributed by atoms with Gasteiger partial charge in [-0.05, 0) is 36.2 Å². The van der Waals surface area contributed by atoms with Crippen molar-refractivity contribution in [2.75, 3.05) is 23.9 Å². The number of carbonyl (C=O) groups is 2. The molecule has 0 saturated carbocycles. The molecule has 162 valence electrons. The minimum Gasteiger partial charge on any atom is -0.497 e. The van der Waals surface area contributed by atoms with Crippen LogP contribution in [0.1, 0.15) is 18.9 Å². The van der Waals surface area contributed by atoms with E-state index in [9.17, 15) is 9.59 Å². The molecule has 3 aromatic rings. The fourth-order valence-electron chi connectivity index (χ4n) is 3.56. The predicted octanol–water partition coefficient (Wildman–Crippen LogP) is 4.88. The van der Waals surface area contributed by atoms with Gasteiger partial charge in [-0.2, -0.15) is 0 Å². The van der Waals surface area contributed by atoms with Crippen LogP contribution in [0.5, 0.6) is 11.5 Å². The van der Waals surface area contributed by atoms with E-state index < -0.39 is 11.8 Å². The molecule has 1 heterocycles. The number of amides is 2. The summed E-state index contributed by atoms with van der Waals surface area (Å²) in [5.41, 5.74) is 2.24. The van der Waals surface area contributed by atoms with Gasteiger partial charge in [0.05, 0.1) is 25.0 Å². The summed E-state index contributed by atoms with van der Waals surface area (Å²) in [6.45, 7) is 2.49. The first kappa shape index (κ1) is 21.2. The number of hydrogen-bond acceptors (Lipinski definition) is 5. The van der Waals surface area contributed by atoms with Gasteiger partial charge in [-0.25, -0.2) is 4.90 Å². The van der Waals surface area contributed by atoms with E-state index >= 15 is 0 Å². The first-order valence-electron chi connectivity index (χ1n) is 10.5. The van der Waals surface area contributed by atoms with Gasteiger partial charge >= 0.3 is 0 Å².